The number of carbonyl (C=O) groups excluding carboxylic acids is 1. The molecule has 4 rings (SSSR count). The van der Waals surface area contributed by atoms with Gasteiger partial charge < -0.3 is 15.0 Å². The summed E-state index contributed by atoms with van der Waals surface area (Å²) in [6, 6.07) is 7.64. The molecule has 1 aromatic carbocycles. The van der Waals surface area contributed by atoms with Crippen LogP contribution in [0.3, 0.4) is 0 Å². The van der Waals surface area contributed by atoms with E-state index in [9.17, 15) is 4.79 Å². The summed E-state index contributed by atoms with van der Waals surface area (Å²) in [7, 11) is 1.64. The van der Waals surface area contributed by atoms with E-state index in [1.54, 1.807) is 7.11 Å². The fraction of sp³-hybridized carbons (Fsp3) is 0.500. The molecule has 1 aromatic heterocycles. The second-order valence-electron chi connectivity index (χ2n) is 7.41. The molecule has 1 N–H and O–H groups in total. The van der Waals surface area contributed by atoms with E-state index >= 15 is 0 Å². The van der Waals surface area contributed by atoms with Gasteiger partial charge in [-0.3, -0.25) is 9.78 Å². The van der Waals surface area contributed by atoms with E-state index in [-0.39, 0.29) is 30.7 Å². The molecular formula is C20H27Cl2N3O2. The lowest BCUT2D eigenvalue weighted by Gasteiger charge is -2.39. The van der Waals surface area contributed by atoms with Gasteiger partial charge in [0.15, 0.2) is 0 Å². The molecule has 0 unspecified atom stereocenters. The maximum absolute atomic E-state index is 13.2. The number of piperidine rings is 1. The molecule has 2 aliphatic heterocycles. The topological polar surface area (TPSA) is 54.5 Å². The molecule has 0 saturated carbocycles. The highest BCUT2D eigenvalue weighted by Gasteiger charge is 2.38. The van der Waals surface area contributed by atoms with Crippen LogP contribution in [0.25, 0.3) is 10.9 Å². The Morgan fingerprint density at radius 2 is 1.93 bits per heavy atom. The molecule has 1 amide bonds. The number of nitrogens with zero attached hydrogens (tertiary/aromatic N) is 2. The van der Waals surface area contributed by atoms with Gasteiger partial charge >= 0.3 is 0 Å². The Labute approximate surface area is 172 Å². The number of aromatic nitrogens is 1. The zero-order valence-corrected chi connectivity index (χ0v) is 17.4. The summed E-state index contributed by atoms with van der Waals surface area (Å²) < 4.78 is 5.34. The number of likely N-dealkylation sites (tertiary alicyclic amines) is 1. The molecule has 7 heteroatoms. The van der Waals surface area contributed by atoms with E-state index in [0.29, 0.717) is 5.41 Å². The van der Waals surface area contributed by atoms with Crippen LogP contribution in [-0.2, 0) is 0 Å². The number of amides is 1. The number of ether oxygens (including phenoxy) is 1. The smallest absolute Gasteiger partial charge is 0.254 e. The minimum absolute atomic E-state index is 0. The first kappa shape index (κ1) is 21.7. The fourth-order valence-corrected chi connectivity index (χ4v) is 4.22. The molecule has 148 valence electrons. The van der Waals surface area contributed by atoms with Crippen LogP contribution >= 0.6 is 24.8 Å². The van der Waals surface area contributed by atoms with Crippen molar-refractivity contribution in [1.82, 2.24) is 15.2 Å². The minimum atomic E-state index is 0. The van der Waals surface area contributed by atoms with Crippen molar-refractivity contribution in [2.24, 2.45) is 5.41 Å². The zero-order chi connectivity index (χ0) is 17.4. The van der Waals surface area contributed by atoms with Gasteiger partial charge in [0, 0.05) is 30.7 Å². The highest BCUT2D eigenvalue weighted by Crippen LogP contribution is 2.37. The standard InChI is InChI=1S/C20H25N3O2.2ClH/c1-14-11-17(16-12-15(25-2)3-4-18(16)22-14)19(24)23-9-6-20(7-10-23)5-8-21-13-20;;/h3-4,11-12,21H,5-10,13H2,1-2H3;2*1H. The Morgan fingerprint density at radius 1 is 1.19 bits per heavy atom. The lowest BCUT2D eigenvalue weighted by atomic mass is 9.77. The third-order valence-corrected chi connectivity index (χ3v) is 5.82. The third-order valence-electron chi connectivity index (χ3n) is 5.82. The van der Waals surface area contributed by atoms with Crippen molar-refractivity contribution in [1.29, 1.82) is 0 Å². The van der Waals surface area contributed by atoms with E-state index in [4.69, 9.17) is 4.74 Å². The Morgan fingerprint density at radius 3 is 2.56 bits per heavy atom. The zero-order valence-electron chi connectivity index (χ0n) is 15.8. The molecule has 0 radical (unpaired) electrons. The van der Waals surface area contributed by atoms with Crippen LogP contribution in [0, 0.1) is 12.3 Å². The Balaban J connectivity index is 0.00000131. The van der Waals surface area contributed by atoms with Gasteiger partial charge in [0.1, 0.15) is 5.75 Å². The second kappa shape index (κ2) is 8.63. The number of nitrogens with one attached hydrogen (secondary N) is 1. The highest BCUT2D eigenvalue weighted by atomic mass is 35.5. The van der Waals surface area contributed by atoms with Gasteiger partial charge in [0.25, 0.3) is 5.91 Å². The molecule has 2 aromatic rings. The molecule has 3 heterocycles. The van der Waals surface area contributed by atoms with Gasteiger partial charge in [-0.05, 0) is 62.4 Å². The van der Waals surface area contributed by atoms with E-state index < -0.39 is 0 Å². The first-order valence-corrected chi connectivity index (χ1v) is 9.06. The number of benzene rings is 1. The van der Waals surface area contributed by atoms with Crippen molar-refractivity contribution < 1.29 is 9.53 Å². The van der Waals surface area contributed by atoms with Crippen molar-refractivity contribution >= 4 is 41.6 Å². The lowest BCUT2D eigenvalue weighted by Crippen LogP contribution is -2.44. The van der Waals surface area contributed by atoms with Crippen LogP contribution in [0.1, 0.15) is 35.3 Å². The maximum atomic E-state index is 13.2. The largest absolute Gasteiger partial charge is 0.497 e. The van der Waals surface area contributed by atoms with Gasteiger partial charge in [-0.2, -0.15) is 0 Å². The van der Waals surface area contributed by atoms with Crippen LogP contribution < -0.4 is 10.1 Å². The van der Waals surface area contributed by atoms with Crippen LogP contribution in [0.15, 0.2) is 24.3 Å². The van der Waals surface area contributed by atoms with Crippen molar-refractivity contribution in [3.63, 3.8) is 0 Å². The molecule has 2 saturated heterocycles. The van der Waals surface area contributed by atoms with E-state index in [1.165, 1.54) is 6.42 Å². The summed E-state index contributed by atoms with van der Waals surface area (Å²) in [4.78, 5) is 19.8. The average Bonchev–Trinajstić information content (AvgIpc) is 3.08. The number of rotatable bonds is 2. The first-order chi connectivity index (χ1) is 12.1. The summed E-state index contributed by atoms with van der Waals surface area (Å²) >= 11 is 0. The van der Waals surface area contributed by atoms with E-state index in [2.05, 4.69) is 10.3 Å². The highest BCUT2D eigenvalue weighted by molar-refractivity contribution is 6.06. The van der Waals surface area contributed by atoms with Crippen molar-refractivity contribution in [3.8, 4) is 5.75 Å². The molecule has 2 fully saturated rings. The van der Waals surface area contributed by atoms with Gasteiger partial charge in [-0.25, -0.2) is 0 Å². The molecule has 0 atom stereocenters. The first-order valence-electron chi connectivity index (χ1n) is 9.06. The predicted octanol–water partition coefficient (Wildman–Crippen LogP) is 3.61. The Kier molecular flexibility index (Phi) is 6.95. The average molecular weight is 412 g/mol. The molecular weight excluding hydrogens is 385 g/mol. The molecule has 0 bridgehead atoms. The lowest BCUT2D eigenvalue weighted by molar-refractivity contribution is 0.0609. The van der Waals surface area contributed by atoms with Crippen LogP contribution in [0.4, 0.5) is 0 Å². The summed E-state index contributed by atoms with van der Waals surface area (Å²) in [5, 5.41) is 4.35. The number of hydrogen-bond acceptors (Lipinski definition) is 4. The maximum Gasteiger partial charge on any atom is 0.254 e. The summed E-state index contributed by atoms with van der Waals surface area (Å²) in [5.41, 5.74) is 2.87. The number of fused-ring (bicyclic) bond motifs is 1. The molecule has 0 aliphatic carbocycles. The van der Waals surface area contributed by atoms with E-state index in [0.717, 1.165) is 66.9 Å². The monoisotopic (exact) mass is 411 g/mol. The SMILES string of the molecule is COc1ccc2nc(C)cc(C(=O)N3CCC4(CCNC4)CC3)c2c1.Cl.Cl. The Hall–Kier alpha value is -1.56. The van der Waals surface area contributed by atoms with Crippen molar-refractivity contribution in [3.05, 3.63) is 35.5 Å². The fourth-order valence-electron chi connectivity index (χ4n) is 4.22. The molecule has 1 spiro atoms. The minimum Gasteiger partial charge on any atom is -0.497 e. The summed E-state index contributed by atoms with van der Waals surface area (Å²) in [6.45, 7) is 5.84. The molecule has 2 aliphatic rings. The van der Waals surface area contributed by atoms with E-state index in [1.807, 2.05) is 36.1 Å². The Bertz CT molecular complexity index is 812. The third kappa shape index (κ3) is 4.15. The van der Waals surface area contributed by atoms with Crippen molar-refractivity contribution in [2.75, 3.05) is 33.3 Å². The number of hydrogen-bond donors (Lipinski definition) is 1. The number of carbonyl (C=O) groups is 1. The van der Waals surface area contributed by atoms with Crippen LogP contribution in [0.5, 0.6) is 5.75 Å². The van der Waals surface area contributed by atoms with Gasteiger partial charge in [0.2, 0.25) is 0 Å². The van der Waals surface area contributed by atoms with Crippen molar-refractivity contribution in [2.45, 2.75) is 26.2 Å². The molecule has 27 heavy (non-hydrogen) atoms. The number of methoxy groups -OCH3 is 1. The van der Waals surface area contributed by atoms with Crippen LogP contribution in [-0.4, -0.2) is 49.1 Å². The number of halogens is 2. The van der Waals surface area contributed by atoms with Gasteiger partial charge in [0.05, 0.1) is 18.2 Å². The molecule has 5 nitrogen and oxygen atoms in total. The quantitative estimate of drug-likeness (QED) is 0.819. The van der Waals surface area contributed by atoms with Gasteiger partial charge in [-0.15, -0.1) is 24.8 Å². The summed E-state index contributed by atoms with van der Waals surface area (Å²) in [6.07, 6.45) is 3.43. The summed E-state index contributed by atoms with van der Waals surface area (Å²) in [5.74, 6) is 0.867. The van der Waals surface area contributed by atoms with Crippen LogP contribution in [0.2, 0.25) is 0 Å². The number of aryl methyl sites for hydroxylation is 1. The van der Waals surface area contributed by atoms with Gasteiger partial charge in [-0.1, -0.05) is 0 Å². The predicted molar refractivity (Wildman–Crippen MR) is 113 cm³/mol. The number of pyridine rings is 1. The second-order valence-corrected chi connectivity index (χ2v) is 7.41. The normalized spacial score (nSPS) is 18.1.